The summed E-state index contributed by atoms with van der Waals surface area (Å²) in [6.45, 7) is 1.97. The predicted octanol–water partition coefficient (Wildman–Crippen LogP) is 2.54. The maximum Gasteiger partial charge on any atom is 0.411 e. The maximum atomic E-state index is 12.3. The van der Waals surface area contributed by atoms with E-state index in [0.717, 1.165) is 5.56 Å². The zero-order valence-corrected chi connectivity index (χ0v) is 13.7. The predicted molar refractivity (Wildman–Crippen MR) is 94.4 cm³/mol. The maximum absolute atomic E-state index is 12.3. The van der Waals surface area contributed by atoms with Crippen molar-refractivity contribution in [1.82, 2.24) is 0 Å². The molecule has 0 aromatic heterocycles. The summed E-state index contributed by atoms with van der Waals surface area (Å²) >= 11 is 0. The highest BCUT2D eigenvalue weighted by atomic mass is 16.5. The lowest BCUT2D eigenvalue weighted by molar-refractivity contribution is -0.117. The topological polar surface area (TPSA) is 111 Å². The molecule has 0 radical (unpaired) electrons. The van der Waals surface area contributed by atoms with E-state index in [1.54, 1.807) is 55.5 Å². The molecule has 0 bridgehead atoms. The first-order valence-corrected chi connectivity index (χ1v) is 7.70. The Morgan fingerprint density at radius 3 is 2.36 bits per heavy atom. The van der Waals surface area contributed by atoms with Crippen LogP contribution in [0.5, 0.6) is 0 Å². The molecule has 7 nitrogen and oxygen atoms in total. The Morgan fingerprint density at radius 1 is 1.00 bits per heavy atom. The van der Waals surface area contributed by atoms with Crippen LogP contribution >= 0.6 is 0 Å². The molecule has 0 aliphatic carbocycles. The number of hydrogen-bond donors (Lipinski definition) is 3. The average Bonchev–Trinajstić information content (AvgIpc) is 2.56. The molecule has 2 rings (SSSR count). The number of benzene rings is 2. The van der Waals surface area contributed by atoms with Crippen LogP contribution in [-0.4, -0.2) is 24.5 Å². The van der Waals surface area contributed by atoms with Crippen LogP contribution < -0.4 is 16.4 Å². The van der Waals surface area contributed by atoms with Crippen LogP contribution in [0, 0.1) is 0 Å². The summed E-state index contributed by atoms with van der Waals surface area (Å²) in [6, 6.07) is 13.3. The van der Waals surface area contributed by atoms with Crippen LogP contribution in [0.2, 0.25) is 0 Å². The van der Waals surface area contributed by atoms with Crippen molar-refractivity contribution in [2.75, 3.05) is 17.2 Å². The van der Waals surface area contributed by atoms with E-state index >= 15 is 0 Å². The quantitative estimate of drug-likeness (QED) is 0.749. The van der Waals surface area contributed by atoms with E-state index in [4.69, 9.17) is 10.5 Å². The first-order chi connectivity index (χ1) is 12.0. The third-order valence-corrected chi connectivity index (χ3v) is 3.24. The third kappa shape index (κ3) is 5.65. The van der Waals surface area contributed by atoms with Gasteiger partial charge in [-0.25, -0.2) is 4.79 Å². The molecule has 7 heteroatoms. The summed E-state index contributed by atoms with van der Waals surface area (Å²) in [4.78, 5) is 34.6. The number of ether oxygens (including phenoxy) is 1. The number of anilines is 2. The van der Waals surface area contributed by atoms with E-state index in [2.05, 4.69) is 10.6 Å². The molecule has 0 aliphatic rings. The molecule has 0 aliphatic heterocycles. The molecule has 0 atom stereocenters. The van der Waals surface area contributed by atoms with Gasteiger partial charge in [0.25, 0.3) is 5.91 Å². The van der Waals surface area contributed by atoms with E-state index in [0.29, 0.717) is 16.9 Å². The third-order valence-electron chi connectivity index (χ3n) is 3.24. The van der Waals surface area contributed by atoms with Gasteiger partial charge in [0.1, 0.15) is 0 Å². The van der Waals surface area contributed by atoms with Crippen molar-refractivity contribution in [2.45, 2.75) is 13.3 Å². The van der Waals surface area contributed by atoms with Crippen molar-refractivity contribution in [2.24, 2.45) is 5.73 Å². The van der Waals surface area contributed by atoms with Gasteiger partial charge in [-0.3, -0.25) is 14.9 Å². The second-order valence-electron chi connectivity index (χ2n) is 5.22. The van der Waals surface area contributed by atoms with Crippen molar-refractivity contribution in [3.8, 4) is 0 Å². The summed E-state index contributed by atoms with van der Waals surface area (Å²) in [7, 11) is 0. The fraction of sp³-hybridized carbons (Fsp3) is 0.167. The number of carbonyl (C=O) groups is 3. The van der Waals surface area contributed by atoms with Crippen LogP contribution in [0.25, 0.3) is 0 Å². The first kappa shape index (κ1) is 18.0. The minimum Gasteiger partial charge on any atom is -0.450 e. The molecule has 0 spiro atoms. The van der Waals surface area contributed by atoms with Gasteiger partial charge in [0, 0.05) is 16.9 Å². The van der Waals surface area contributed by atoms with E-state index < -0.39 is 12.0 Å². The Bertz CT molecular complexity index is 772. The smallest absolute Gasteiger partial charge is 0.411 e. The highest BCUT2D eigenvalue weighted by Crippen LogP contribution is 2.15. The van der Waals surface area contributed by atoms with Gasteiger partial charge in [-0.2, -0.15) is 0 Å². The zero-order valence-electron chi connectivity index (χ0n) is 13.7. The van der Waals surface area contributed by atoms with Gasteiger partial charge in [-0.15, -0.1) is 0 Å². The van der Waals surface area contributed by atoms with Gasteiger partial charge in [0.2, 0.25) is 5.91 Å². The Kier molecular flexibility index (Phi) is 6.11. The molecule has 0 fully saturated rings. The highest BCUT2D eigenvalue weighted by Gasteiger charge is 2.09. The van der Waals surface area contributed by atoms with Crippen LogP contribution in [0.4, 0.5) is 16.2 Å². The van der Waals surface area contributed by atoms with Crippen molar-refractivity contribution in [3.63, 3.8) is 0 Å². The number of amides is 3. The largest absolute Gasteiger partial charge is 0.450 e. The lowest BCUT2D eigenvalue weighted by atomic mass is 10.1. The summed E-state index contributed by atoms with van der Waals surface area (Å²) < 4.78 is 4.80. The Hall–Kier alpha value is -3.35. The van der Waals surface area contributed by atoms with Crippen molar-refractivity contribution < 1.29 is 19.1 Å². The molecule has 3 amide bonds. The Labute approximate surface area is 145 Å². The van der Waals surface area contributed by atoms with Gasteiger partial charge >= 0.3 is 6.09 Å². The van der Waals surface area contributed by atoms with Crippen LogP contribution in [0.3, 0.4) is 0 Å². The first-order valence-electron chi connectivity index (χ1n) is 7.70. The van der Waals surface area contributed by atoms with Crippen LogP contribution in [0.1, 0.15) is 22.8 Å². The number of primary amides is 1. The molecule has 0 heterocycles. The molecule has 0 saturated carbocycles. The molecule has 25 heavy (non-hydrogen) atoms. The molecule has 0 unspecified atom stereocenters. The lowest BCUT2D eigenvalue weighted by Crippen LogP contribution is -2.15. The van der Waals surface area contributed by atoms with Crippen LogP contribution in [-0.2, 0) is 16.0 Å². The lowest BCUT2D eigenvalue weighted by Gasteiger charge is -2.09. The second kappa shape index (κ2) is 8.49. The molecular formula is C18H19N3O4. The van der Waals surface area contributed by atoms with Crippen molar-refractivity contribution in [1.29, 1.82) is 0 Å². The second-order valence-corrected chi connectivity index (χ2v) is 5.22. The molecular weight excluding hydrogens is 322 g/mol. The zero-order chi connectivity index (χ0) is 18.2. The number of nitrogens with two attached hydrogens (primary N) is 1. The molecule has 0 saturated heterocycles. The molecule has 130 valence electrons. The SMILES string of the molecule is CCOC(=O)Nc1cccc(C(=O)Nc2ccc(CC(N)=O)cc2)c1. The number of carbonyl (C=O) groups excluding carboxylic acids is 3. The summed E-state index contributed by atoms with van der Waals surface area (Å²) in [5, 5.41) is 5.29. The monoisotopic (exact) mass is 341 g/mol. The molecule has 2 aromatic rings. The van der Waals surface area contributed by atoms with E-state index in [1.165, 1.54) is 0 Å². The van der Waals surface area contributed by atoms with Gasteiger partial charge in [-0.05, 0) is 42.8 Å². The van der Waals surface area contributed by atoms with Gasteiger partial charge < -0.3 is 15.8 Å². The average molecular weight is 341 g/mol. The van der Waals surface area contributed by atoms with Gasteiger partial charge in [0.05, 0.1) is 13.0 Å². The van der Waals surface area contributed by atoms with E-state index in [1.807, 2.05) is 0 Å². The van der Waals surface area contributed by atoms with Gasteiger partial charge in [0.15, 0.2) is 0 Å². The van der Waals surface area contributed by atoms with Crippen molar-refractivity contribution >= 4 is 29.3 Å². The molecule has 4 N–H and O–H groups in total. The fourth-order valence-electron chi connectivity index (χ4n) is 2.13. The normalized spacial score (nSPS) is 9.96. The highest BCUT2D eigenvalue weighted by molar-refractivity contribution is 6.05. The number of hydrogen-bond acceptors (Lipinski definition) is 4. The Morgan fingerprint density at radius 2 is 1.72 bits per heavy atom. The van der Waals surface area contributed by atoms with Gasteiger partial charge in [-0.1, -0.05) is 18.2 Å². The summed E-state index contributed by atoms with van der Waals surface area (Å²) in [5.74, 6) is -0.738. The Balaban J connectivity index is 2.03. The fourth-order valence-corrected chi connectivity index (χ4v) is 2.13. The number of nitrogens with one attached hydrogen (secondary N) is 2. The standard InChI is InChI=1S/C18H19N3O4/c1-2-25-18(24)21-15-5-3-4-13(11-15)17(23)20-14-8-6-12(7-9-14)10-16(19)22/h3-9,11H,2,10H2,1H3,(H2,19,22)(H,20,23)(H,21,24). The number of rotatable bonds is 6. The summed E-state index contributed by atoms with van der Waals surface area (Å²) in [6.07, 6.45) is -0.430. The van der Waals surface area contributed by atoms with Crippen LogP contribution in [0.15, 0.2) is 48.5 Å². The van der Waals surface area contributed by atoms with E-state index in [9.17, 15) is 14.4 Å². The minimum atomic E-state index is -0.579. The molecule has 2 aromatic carbocycles. The van der Waals surface area contributed by atoms with E-state index in [-0.39, 0.29) is 18.9 Å². The minimum absolute atomic E-state index is 0.149. The summed E-state index contributed by atoms with van der Waals surface area (Å²) in [5.41, 5.74) is 7.34. The van der Waals surface area contributed by atoms with Crippen molar-refractivity contribution in [3.05, 3.63) is 59.7 Å².